The van der Waals surface area contributed by atoms with Crippen molar-refractivity contribution in [2.45, 2.75) is 6.42 Å². The highest BCUT2D eigenvalue weighted by Gasteiger charge is 2.24. The summed E-state index contributed by atoms with van der Waals surface area (Å²) in [5.41, 5.74) is 4.34. The van der Waals surface area contributed by atoms with Gasteiger partial charge in [0, 0.05) is 23.2 Å². The molecule has 2 aromatic carbocycles. The van der Waals surface area contributed by atoms with Crippen LogP contribution in [-0.4, -0.2) is 18.9 Å². The molecule has 2 amide bonds. The van der Waals surface area contributed by atoms with Gasteiger partial charge in [-0.2, -0.15) is 0 Å². The zero-order valence-corrected chi connectivity index (χ0v) is 14.2. The summed E-state index contributed by atoms with van der Waals surface area (Å²) in [5, 5.41) is 4.67. The molecule has 128 valence electrons. The third kappa shape index (κ3) is 3.92. The SMILES string of the molecule is COc1cccc(NC(=O)C2=CCC(=O)N(c3ccc(Cl)cc3)N2)c1. The molecule has 0 saturated carbocycles. The summed E-state index contributed by atoms with van der Waals surface area (Å²) in [6.45, 7) is 0. The van der Waals surface area contributed by atoms with E-state index in [-0.39, 0.29) is 23.9 Å². The number of carbonyl (C=O) groups excluding carboxylic acids is 2. The van der Waals surface area contributed by atoms with E-state index in [9.17, 15) is 9.59 Å². The minimum absolute atomic E-state index is 0.122. The maximum atomic E-state index is 12.5. The highest BCUT2D eigenvalue weighted by molar-refractivity contribution is 6.30. The molecule has 0 aliphatic carbocycles. The number of carbonyl (C=O) groups is 2. The fraction of sp³-hybridized carbons (Fsp3) is 0.111. The number of hydrogen-bond donors (Lipinski definition) is 2. The second kappa shape index (κ2) is 7.27. The van der Waals surface area contributed by atoms with Gasteiger partial charge in [0.05, 0.1) is 12.8 Å². The Bertz CT molecular complexity index is 834. The van der Waals surface area contributed by atoms with Gasteiger partial charge in [-0.3, -0.25) is 15.0 Å². The molecular weight excluding hydrogens is 342 g/mol. The first-order valence-corrected chi connectivity index (χ1v) is 7.95. The molecule has 1 aliphatic heterocycles. The van der Waals surface area contributed by atoms with Crippen LogP contribution in [0.15, 0.2) is 60.3 Å². The predicted molar refractivity (Wildman–Crippen MR) is 96.4 cm³/mol. The molecule has 0 bridgehead atoms. The van der Waals surface area contributed by atoms with Crippen molar-refractivity contribution in [3.05, 3.63) is 65.3 Å². The summed E-state index contributed by atoms with van der Waals surface area (Å²) >= 11 is 5.87. The Balaban J connectivity index is 1.74. The van der Waals surface area contributed by atoms with Crippen LogP contribution < -0.4 is 20.5 Å². The van der Waals surface area contributed by atoms with Crippen molar-refractivity contribution in [3.63, 3.8) is 0 Å². The molecule has 0 fully saturated rings. The number of nitrogens with zero attached hydrogens (tertiary/aromatic N) is 1. The van der Waals surface area contributed by atoms with E-state index >= 15 is 0 Å². The van der Waals surface area contributed by atoms with Crippen molar-refractivity contribution in [2.75, 3.05) is 17.4 Å². The van der Waals surface area contributed by atoms with Gasteiger partial charge in [0.2, 0.25) is 5.91 Å². The Kier molecular flexibility index (Phi) is 4.90. The number of methoxy groups -OCH3 is 1. The minimum atomic E-state index is -0.347. The predicted octanol–water partition coefficient (Wildman–Crippen LogP) is 3.11. The van der Waals surface area contributed by atoms with Crippen molar-refractivity contribution in [1.82, 2.24) is 5.43 Å². The fourth-order valence-electron chi connectivity index (χ4n) is 2.35. The summed E-state index contributed by atoms with van der Waals surface area (Å²) in [7, 11) is 1.56. The number of hydrazine groups is 1. The first-order valence-electron chi connectivity index (χ1n) is 7.57. The van der Waals surface area contributed by atoms with Crippen LogP contribution in [0.2, 0.25) is 5.02 Å². The van der Waals surface area contributed by atoms with Crippen molar-refractivity contribution < 1.29 is 14.3 Å². The molecule has 0 spiro atoms. The molecule has 25 heavy (non-hydrogen) atoms. The lowest BCUT2D eigenvalue weighted by atomic mass is 10.2. The van der Waals surface area contributed by atoms with Crippen LogP contribution in [0.4, 0.5) is 11.4 Å². The van der Waals surface area contributed by atoms with Gasteiger partial charge in [-0.25, -0.2) is 5.01 Å². The molecule has 0 radical (unpaired) electrons. The summed E-state index contributed by atoms with van der Waals surface area (Å²) in [6, 6.07) is 13.8. The smallest absolute Gasteiger partial charge is 0.273 e. The summed E-state index contributed by atoms with van der Waals surface area (Å²) < 4.78 is 5.14. The number of halogens is 1. The molecular formula is C18H16ClN3O3. The number of rotatable bonds is 4. The number of amides is 2. The fourth-order valence-corrected chi connectivity index (χ4v) is 2.48. The number of ether oxygens (including phenoxy) is 1. The van der Waals surface area contributed by atoms with Crippen molar-refractivity contribution in [3.8, 4) is 5.75 Å². The van der Waals surface area contributed by atoms with Gasteiger partial charge in [-0.1, -0.05) is 17.7 Å². The zero-order valence-electron chi connectivity index (χ0n) is 13.5. The Hall–Kier alpha value is -2.99. The minimum Gasteiger partial charge on any atom is -0.497 e. The second-order valence-electron chi connectivity index (χ2n) is 5.33. The molecule has 2 N–H and O–H groups in total. The maximum absolute atomic E-state index is 12.5. The first kappa shape index (κ1) is 16.9. The molecule has 3 rings (SSSR count). The quantitative estimate of drug-likeness (QED) is 0.882. The number of anilines is 2. The molecule has 0 unspecified atom stereocenters. The van der Waals surface area contributed by atoms with Gasteiger partial charge in [0.1, 0.15) is 11.4 Å². The highest BCUT2D eigenvalue weighted by atomic mass is 35.5. The summed E-state index contributed by atoms with van der Waals surface area (Å²) in [4.78, 5) is 24.6. The topological polar surface area (TPSA) is 70.7 Å². The molecule has 6 nitrogen and oxygen atoms in total. The Morgan fingerprint density at radius 3 is 2.72 bits per heavy atom. The lowest BCUT2D eigenvalue weighted by molar-refractivity contribution is -0.119. The summed E-state index contributed by atoms with van der Waals surface area (Å²) in [5.74, 6) is 0.126. The molecule has 0 saturated heterocycles. The average Bonchev–Trinajstić information content (AvgIpc) is 2.63. The zero-order chi connectivity index (χ0) is 17.8. The van der Waals surface area contributed by atoms with Crippen molar-refractivity contribution in [2.24, 2.45) is 0 Å². The molecule has 0 atom stereocenters. The molecule has 2 aromatic rings. The molecule has 1 aliphatic rings. The van der Waals surface area contributed by atoms with Crippen LogP contribution in [0.1, 0.15) is 6.42 Å². The van der Waals surface area contributed by atoms with Crippen molar-refractivity contribution >= 4 is 34.8 Å². The van der Waals surface area contributed by atoms with E-state index in [1.54, 1.807) is 61.7 Å². The Morgan fingerprint density at radius 2 is 2.00 bits per heavy atom. The van der Waals surface area contributed by atoms with Crippen LogP contribution in [0.25, 0.3) is 0 Å². The van der Waals surface area contributed by atoms with E-state index in [0.29, 0.717) is 22.1 Å². The van der Waals surface area contributed by atoms with E-state index in [1.807, 2.05) is 0 Å². The van der Waals surface area contributed by atoms with Gasteiger partial charge >= 0.3 is 0 Å². The van der Waals surface area contributed by atoms with Crippen LogP contribution in [0, 0.1) is 0 Å². The van der Waals surface area contributed by atoms with Crippen LogP contribution >= 0.6 is 11.6 Å². The summed E-state index contributed by atoms with van der Waals surface area (Å²) in [6.07, 6.45) is 1.68. The monoisotopic (exact) mass is 357 g/mol. The van der Waals surface area contributed by atoms with Gasteiger partial charge in [-0.05, 0) is 42.5 Å². The van der Waals surface area contributed by atoms with Crippen molar-refractivity contribution in [1.29, 1.82) is 0 Å². The van der Waals surface area contributed by atoms with E-state index in [0.717, 1.165) is 0 Å². The number of hydrogen-bond acceptors (Lipinski definition) is 4. The van der Waals surface area contributed by atoms with Gasteiger partial charge in [0.25, 0.3) is 5.91 Å². The normalized spacial score (nSPS) is 13.8. The van der Waals surface area contributed by atoms with Gasteiger partial charge < -0.3 is 10.1 Å². The van der Waals surface area contributed by atoms with E-state index in [1.165, 1.54) is 5.01 Å². The van der Waals surface area contributed by atoms with Crippen LogP contribution in [0.5, 0.6) is 5.75 Å². The van der Waals surface area contributed by atoms with Crippen LogP contribution in [-0.2, 0) is 9.59 Å². The average molecular weight is 358 g/mol. The Morgan fingerprint density at radius 1 is 1.24 bits per heavy atom. The van der Waals surface area contributed by atoms with E-state index < -0.39 is 0 Å². The standard InChI is InChI=1S/C18H16ClN3O3/c1-25-15-4-2-3-13(11-15)20-18(24)16-9-10-17(23)22(21-16)14-7-5-12(19)6-8-14/h2-9,11,21H,10H2,1H3,(H,20,24). The maximum Gasteiger partial charge on any atom is 0.273 e. The van der Waals surface area contributed by atoms with E-state index in [4.69, 9.17) is 16.3 Å². The number of benzene rings is 2. The highest BCUT2D eigenvalue weighted by Crippen LogP contribution is 2.21. The van der Waals surface area contributed by atoms with Gasteiger partial charge in [-0.15, -0.1) is 0 Å². The first-order chi connectivity index (χ1) is 12.1. The lowest BCUT2D eigenvalue weighted by Crippen LogP contribution is -2.47. The molecule has 0 aromatic heterocycles. The lowest BCUT2D eigenvalue weighted by Gasteiger charge is -2.28. The van der Waals surface area contributed by atoms with E-state index in [2.05, 4.69) is 10.7 Å². The molecule has 7 heteroatoms. The third-order valence-electron chi connectivity index (χ3n) is 3.62. The largest absolute Gasteiger partial charge is 0.497 e. The second-order valence-corrected chi connectivity index (χ2v) is 5.76. The van der Waals surface area contributed by atoms with Crippen LogP contribution in [0.3, 0.4) is 0 Å². The van der Waals surface area contributed by atoms with Gasteiger partial charge in [0.15, 0.2) is 0 Å². The third-order valence-corrected chi connectivity index (χ3v) is 3.87. The Labute approximate surface area is 150 Å². The number of nitrogens with one attached hydrogen (secondary N) is 2. The molecule has 1 heterocycles.